The lowest BCUT2D eigenvalue weighted by Crippen LogP contribution is -2.08. The molecule has 1 N–H and O–H groups in total. The highest BCUT2D eigenvalue weighted by Crippen LogP contribution is 2.32. The van der Waals surface area contributed by atoms with E-state index in [1.54, 1.807) is 25.3 Å². The van der Waals surface area contributed by atoms with Crippen molar-refractivity contribution in [2.24, 2.45) is 0 Å². The number of rotatable bonds is 7. The minimum atomic E-state index is -0.322. The SMILES string of the molecule is CCC(C)c1ccc2oc(-c3ccc(Cl)c(NC(=O)/C=C/c4cc(Br)ccc4OC)c3)nc2c1. The second kappa shape index (κ2) is 10.5. The van der Waals surface area contributed by atoms with E-state index in [4.69, 9.17) is 20.8 Å². The first-order valence-corrected chi connectivity index (χ1v) is 12.1. The Morgan fingerprint density at radius 1 is 1.21 bits per heavy atom. The van der Waals surface area contributed by atoms with Gasteiger partial charge in [0.2, 0.25) is 11.8 Å². The van der Waals surface area contributed by atoms with E-state index in [-0.39, 0.29) is 5.91 Å². The molecular formula is C27H24BrClN2O3. The van der Waals surface area contributed by atoms with Crippen LogP contribution in [0, 0.1) is 0 Å². The number of amides is 1. The fraction of sp³-hybridized carbons (Fsp3) is 0.185. The summed E-state index contributed by atoms with van der Waals surface area (Å²) in [6.45, 7) is 4.36. The summed E-state index contributed by atoms with van der Waals surface area (Å²) in [4.78, 5) is 17.3. The Balaban J connectivity index is 1.57. The first-order valence-electron chi connectivity index (χ1n) is 10.9. The van der Waals surface area contributed by atoms with Gasteiger partial charge in [-0.2, -0.15) is 0 Å². The van der Waals surface area contributed by atoms with Crippen LogP contribution < -0.4 is 10.1 Å². The molecule has 0 aliphatic rings. The molecule has 5 nitrogen and oxygen atoms in total. The van der Waals surface area contributed by atoms with Gasteiger partial charge in [0, 0.05) is 21.7 Å². The van der Waals surface area contributed by atoms with E-state index in [0.717, 1.165) is 27.5 Å². The lowest BCUT2D eigenvalue weighted by molar-refractivity contribution is -0.111. The molecule has 34 heavy (non-hydrogen) atoms. The van der Waals surface area contributed by atoms with Crippen LogP contribution in [0.4, 0.5) is 5.69 Å². The van der Waals surface area contributed by atoms with E-state index in [1.165, 1.54) is 11.6 Å². The average Bonchev–Trinajstić information content (AvgIpc) is 3.27. The van der Waals surface area contributed by atoms with Crippen LogP contribution in [0.2, 0.25) is 5.02 Å². The number of ether oxygens (including phenoxy) is 1. The fourth-order valence-electron chi connectivity index (χ4n) is 3.54. The second-order valence-electron chi connectivity index (χ2n) is 7.96. The van der Waals surface area contributed by atoms with Crippen molar-refractivity contribution >= 4 is 56.3 Å². The van der Waals surface area contributed by atoms with E-state index < -0.39 is 0 Å². The zero-order valence-corrected chi connectivity index (χ0v) is 21.4. The van der Waals surface area contributed by atoms with Gasteiger partial charge in [-0.15, -0.1) is 0 Å². The maximum absolute atomic E-state index is 12.6. The molecule has 1 aromatic heterocycles. The highest BCUT2D eigenvalue weighted by atomic mass is 79.9. The summed E-state index contributed by atoms with van der Waals surface area (Å²) < 4.78 is 12.2. The van der Waals surface area contributed by atoms with Crippen LogP contribution >= 0.6 is 27.5 Å². The predicted molar refractivity (Wildman–Crippen MR) is 142 cm³/mol. The van der Waals surface area contributed by atoms with Gasteiger partial charge in [-0.25, -0.2) is 4.98 Å². The number of benzene rings is 3. The lowest BCUT2D eigenvalue weighted by Gasteiger charge is -2.07. The Bertz CT molecular complexity index is 1380. The standard InChI is InChI=1S/C27H24BrClN2O3/c1-4-16(2)17-6-10-25-23(14-17)31-27(34-25)19-5-9-21(29)22(15-19)30-26(32)12-7-18-13-20(28)8-11-24(18)33-3/h5-16H,4H2,1-3H3,(H,30,32)/b12-7+. The predicted octanol–water partition coefficient (Wildman–Crippen LogP) is 8.08. The number of oxazole rings is 1. The zero-order chi connectivity index (χ0) is 24.2. The van der Waals surface area contributed by atoms with Gasteiger partial charge < -0.3 is 14.5 Å². The highest BCUT2D eigenvalue weighted by Gasteiger charge is 2.13. The monoisotopic (exact) mass is 538 g/mol. The van der Waals surface area contributed by atoms with Crippen molar-refractivity contribution in [2.45, 2.75) is 26.2 Å². The number of nitrogens with one attached hydrogen (secondary N) is 1. The molecule has 174 valence electrons. The van der Waals surface area contributed by atoms with Crippen LogP contribution in [-0.2, 0) is 4.79 Å². The molecule has 0 saturated carbocycles. The molecule has 1 heterocycles. The number of fused-ring (bicyclic) bond motifs is 1. The first-order chi connectivity index (χ1) is 16.4. The van der Waals surface area contributed by atoms with Crippen LogP contribution in [0.15, 0.2) is 69.6 Å². The Morgan fingerprint density at radius 3 is 2.79 bits per heavy atom. The summed E-state index contributed by atoms with van der Waals surface area (Å²) in [5.41, 5.74) is 4.71. The molecular weight excluding hydrogens is 516 g/mol. The maximum Gasteiger partial charge on any atom is 0.248 e. The van der Waals surface area contributed by atoms with Crippen molar-refractivity contribution < 1.29 is 13.9 Å². The fourth-order valence-corrected chi connectivity index (χ4v) is 4.08. The quantitative estimate of drug-likeness (QED) is 0.241. The number of carbonyl (C=O) groups is 1. The van der Waals surface area contributed by atoms with E-state index >= 15 is 0 Å². The molecule has 4 aromatic rings. The topological polar surface area (TPSA) is 64.4 Å². The number of halogens is 2. The number of anilines is 1. The van der Waals surface area contributed by atoms with Crippen molar-refractivity contribution in [3.8, 4) is 17.2 Å². The summed E-state index contributed by atoms with van der Waals surface area (Å²) in [7, 11) is 1.59. The van der Waals surface area contributed by atoms with E-state index in [1.807, 2.05) is 30.3 Å². The van der Waals surface area contributed by atoms with Gasteiger partial charge in [0.25, 0.3) is 0 Å². The first kappa shape index (κ1) is 24.0. The number of hydrogen-bond donors (Lipinski definition) is 1. The van der Waals surface area contributed by atoms with Gasteiger partial charge in [0.05, 0.1) is 17.8 Å². The van der Waals surface area contributed by atoms with Crippen molar-refractivity contribution in [2.75, 3.05) is 12.4 Å². The smallest absolute Gasteiger partial charge is 0.248 e. The molecule has 0 radical (unpaired) electrons. The second-order valence-corrected chi connectivity index (χ2v) is 9.28. The normalized spacial score (nSPS) is 12.3. The highest BCUT2D eigenvalue weighted by molar-refractivity contribution is 9.10. The number of hydrogen-bond acceptors (Lipinski definition) is 4. The molecule has 0 spiro atoms. The molecule has 1 atom stereocenters. The summed E-state index contributed by atoms with van der Waals surface area (Å²) in [5.74, 6) is 1.27. The molecule has 0 fully saturated rings. The van der Waals surface area contributed by atoms with Crippen LogP contribution in [0.25, 0.3) is 28.6 Å². The molecule has 1 amide bonds. The number of carbonyl (C=O) groups excluding carboxylic acids is 1. The average molecular weight is 540 g/mol. The van der Waals surface area contributed by atoms with Crippen molar-refractivity contribution in [3.05, 3.63) is 81.3 Å². The maximum atomic E-state index is 12.6. The summed E-state index contributed by atoms with van der Waals surface area (Å²) in [6, 6.07) is 17.0. The number of aromatic nitrogens is 1. The van der Waals surface area contributed by atoms with E-state index in [9.17, 15) is 4.79 Å². The molecule has 0 bridgehead atoms. The molecule has 4 rings (SSSR count). The molecule has 7 heteroatoms. The third kappa shape index (κ3) is 5.34. The Hall–Kier alpha value is -3.09. The minimum Gasteiger partial charge on any atom is -0.496 e. The molecule has 1 unspecified atom stereocenters. The Labute approximate surface area is 211 Å². The number of methoxy groups -OCH3 is 1. The summed E-state index contributed by atoms with van der Waals surface area (Å²) in [6.07, 6.45) is 4.18. The molecule has 0 aliphatic heterocycles. The molecule has 0 aliphatic carbocycles. The van der Waals surface area contributed by atoms with E-state index in [2.05, 4.69) is 52.2 Å². The molecule has 3 aromatic carbocycles. The number of nitrogens with zero attached hydrogens (tertiary/aromatic N) is 1. The van der Waals surface area contributed by atoms with Gasteiger partial charge >= 0.3 is 0 Å². The van der Waals surface area contributed by atoms with Crippen LogP contribution in [0.3, 0.4) is 0 Å². The van der Waals surface area contributed by atoms with Gasteiger partial charge in [0.15, 0.2) is 5.58 Å². The summed E-state index contributed by atoms with van der Waals surface area (Å²) in [5, 5.41) is 3.25. The third-order valence-corrected chi connectivity index (χ3v) is 6.49. The van der Waals surface area contributed by atoms with Crippen molar-refractivity contribution in [1.29, 1.82) is 0 Å². The van der Waals surface area contributed by atoms with Crippen molar-refractivity contribution in [3.63, 3.8) is 0 Å². The Morgan fingerprint density at radius 2 is 2.03 bits per heavy atom. The van der Waals surface area contributed by atoms with Crippen LogP contribution in [0.5, 0.6) is 5.75 Å². The third-order valence-electron chi connectivity index (χ3n) is 5.67. The van der Waals surface area contributed by atoms with E-state index in [0.29, 0.717) is 33.9 Å². The zero-order valence-electron chi connectivity index (χ0n) is 19.1. The van der Waals surface area contributed by atoms with Gasteiger partial charge in [-0.1, -0.05) is 47.4 Å². The lowest BCUT2D eigenvalue weighted by atomic mass is 9.98. The van der Waals surface area contributed by atoms with Crippen molar-refractivity contribution in [1.82, 2.24) is 4.98 Å². The van der Waals surface area contributed by atoms with Gasteiger partial charge in [-0.05, 0) is 72.5 Å². The van der Waals surface area contributed by atoms with Gasteiger partial charge in [0.1, 0.15) is 11.3 Å². The largest absolute Gasteiger partial charge is 0.496 e. The minimum absolute atomic E-state index is 0.322. The van der Waals surface area contributed by atoms with Crippen LogP contribution in [-0.4, -0.2) is 18.0 Å². The Kier molecular flexibility index (Phi) is 7.39. The summed E-state index contributed by atoms with van der Waals surface area (Å²) >= 11 is 9.78. The van der Waals surface area contributed by atoms with Gasteiger partial charge in [-0.3, -0.25) is 4.79 Å². The van der Waals surface area contributed by atoms with Crippen LogP contribution in [0.1, 0.15) is 37.3 Å². The molecule has 0 saturated heterocycles.